The maximum atomic E-state index is 11.8. The normalized spacial score (nSPS) is 13.6. The van der Waals surface area contributed by atoms with Crippen LogP contribution in [0.4, 0.5) is 0 Å². The largest absolute Gasteiger partial charge is 0.291 e. The number of benzene rings is 1. The Kier molecular flexibility index (Phi) is 3.89. The molecule has 2 nitrogen and oxygen atoms in total. The summed E-state index contributed by atoms with van der Waals surface area (Å²) < 4.78 is 0. The highest BCUT2D eigenvalue weighted by atomic mass is 35.5. The second-order valence-electron chi connectivity index (χ2n) is 4.49. The molecule has 0 amide bonds. The molecular weight excluding hydrogens is 210 g/mol. The van der Waals surface area contributed by atoms with Crippen LogP contribution in [0.2, 0.25) is 0 Å². The molecule has 3 heteroatoms. The monoisotopic (exact) mass is 225 g/mol. The van der Waals surface area contributed by atoms with Crippen molar-refractivity contribution in [2.45, 2.75) is 31.8 Å². The molecule has 15 heavy (non-hydrogen) atoms. The summed E-state index contributed by atoms with van der Waals surface area (Å²) in [6, 6.07) is 9.06. The third kappa shape index (κ3) is 4.02. The summed E-state index contributed by atoms with van der Waals surface area (Å²) in [6.45, 7) is 5.92. The number of alkyl halides is 1. The third-order valence-corrected chi connectivity index (χ3v) is 2.16. The Hall–Kier alpha value is -0.860. The van der Waals surface area contributed by atoms with Crippen molar-refractivity contribution in [2.75, 3.05) is 0 Å². The zero-order valence-corrected chi connectivity index (χ0v) is 10.0. The maximum Gasteiger partial charge on any atom is 0.194 e. The minimum atomic E-state index is -0.674. The molecule has 1 aromatic rings. The number of carbonyl (C=O) groups excluding carboxylic acids is 1. The minimum absolute atomic E-state index is 0.0906. The fourth-order valence-corrected chi connectivity index (χ4v) is 1.65. The molecule has 0 saturated heterocycles. The van der Waals surface area contributed by atoms with Crippen LogP contribution in [-0.4, -0.2) is 16.8 Å². The van der Waals surface area contributed by atoms with Crippen LogP contribution in [0.15, 0.2) is 30.3 Å². The van der Waals surface area contributed by atoms with Crippen molar-refractivity contribution in [3.63, 3.8) is 0 Å². The lowest BCUT2D eigenvalue weighted by Gasteiger charge is -2.23. The first-order valence-corrected chi connectivity index (χ1v) is 5.35. The number of ketones is 1. The zero-order chi connectivity index (χ0) is 11.5. The van der Waals surface area contributed by atoms with Gasteiger partial charge in [-0.15, -0.1) is 0 Å². The first-order chi connectivity index (χ1) is 6.90. The molecule has 1 atom stereocenters. The Morgan fingerprint density at radius 1 is 1.27 bits per heavy atom. The van der Waals surface area contributed by atoms with Crippen LogP contribution in [-0.2, 0) is 0 Å². The lowest BCUT2D eigenvalue weighted by molar-refractivity contribution is 0.0964. The van der Waals surface area contributed by atoms with Gasteiger partial charge in [0.25, 0.3) is 0 Å². The molecule has 0 aliphatic heterocycles. The van der Waals surface area contributed by atoms with Gasteiger partial charge in [0.1, 0.15) is 5.50 Å². The van der Waals surface area contributed by atoms with Crippen LogP contribution in [0, 0.1) is 0 Å². The van der Waals surface area contributed by atoms with Crippen LogP contribution in [0.25, 0.3) is 0 Å². The SMILES string of the molecule is CC(C)(C)NC(Cl)C(=O)c1ccccc1. The van der Waals surface area contributed by atoms with Gasteiger partial charge in [0.05, 0.1) is 0 Å². The average molecular weight is 226 g/mol. The molecule has 1 rings (SSSR count). The van der Waals surface area contributed by atoms with E-state index in [0.29, 0.717) is 5.56 Å². The van der Waals surface area contributed by atoms with E-state index in [1.54, 1.807) is 12.1 Å². The average Bonchev–Trinajstić information content (AvgIpc) is 2.15. The minimum Gasteiger partial charge on any atom is -0.291 e. The van der Waals surface area contributed by atoms with E-state index >= 15 is 0 Å². The van der Waals surface area contributed by atoms with Crippen LogP contribution in [0.1, 0.15) is 31.1 Å². The highest BCUT2D eigenvalue weighted by Crippen LogP contribution is 2.10. The molecule has 82 valence electrons. The fourth-order valence-electron chi connectivity index (χ4n) is 1.19. The summed E-state index contributed by atoms with van der Waals surface area (Å²) in [5, 5.41) is 3.03. The molecule has 0 aliphatic rings. The van der Waals surface area contributed by atoms with Gasteiger partial charge in [-0.2, -0.15) is 0 Å². The van der Waals surface area contributed by atoms with Crippen molar-refractivity contribution in [2.24, 2.45) is 0 Å². The summed E-state index contributed by atoms with van der Waals surface area (Å²) >= 11 is 5.99. The van der Waals surface area contributed by atoms with Gasteiger partial charge < -0.3 is 0 Å². The number of rotatable bonds is 3. The first kappa shape index (κ1) is 12.2. The second-order valence-corrected chi connectivity index (χ2v) is 4.92. The zero-order valence-electron chi connectivity index (χ0n) is 9.25. The Bertz CT molecular complexity index is 329. The smallest absolute Gasteiger partial charge is 0.194 e. The molecular formula is C12H16ClNO. The molecule has 0 spiro atoms. The van der Waals surface area contributed by atoms with E-state index < -0.39 is 5.50 Å². The Morgan fingerprint density at radius 3 is 2.27 bits per heavy atom. The van der Waals surface area contributed by atoms with Crippen LogP contribution in [0.3, 0.4) is 0 Å². The van der Waals surface area contributed by atoms with Gasteiger partial charge in [-0.1, -0.05) is 41.9 Å². The van der Waals surface area contributed by atoms with Gasteiger partial charge in [0.2, 0.25) is 0 Å². The van der Waals surface area contributed by atoms with Gasteiger partial charge in [0, 0.05) is 11.1 Å². The molecule has 1 unspecified atom stereocenters. The molecule has 0 saturated carbocycles. The summed E-state index contributed by atoms with van der Waals surface area (Å²) in [4.78, 5) is 11.8. The number of Topliss-reactive ketones (excluding diaryl/α,β-unsaturated/α-hetero) is 1. The highest BCUT2D eigenvalue weighted by Gasteiger charge is 2.22. The van der Waals surface area contributed by atoms with E-state index in [9.17, 15) is 4.79 Å². The molecule has 1 aromatic carbocycles. The van der Waals surface area contributed by atoms with E-state index in [1.807, 2.05) is 39.0 Å². The van der Waals surface area contributed by atoms with E-state index in [4.69, 9.17) is 11.6 Å². The van der Waals surface area contributed by atoms with E-state index in [-0.39, 0.29) is 11.3 Å². The number of halogens is 1. The number of hydrogen-bond donors (Lipinski definition) is 1. The summed E-state index contributed by atoms with van der Waals surface area (Å²) in [6.07, 6.45) is 0. The van der Waals surface area contributed by atoms with Crippen molar-refractivity contribution in [3.05, 3.63) is 35.9 Å². The van der Waals surface area contributed by atoms with Crippen molar-refractivity contribution in [1.29, 1.82) is 0 Å². The number of carbonyl (C=O) groups is 1. The first-order valence-electron chi connectivity index (χ1n) is 4.91. The number of hydrogen-bond acceptors (Lipinski definition) is 2. The third-order valence-electron chi connectivity index (χ3n) is 1.85. The van der Waals surface area contributed by atoms with Gasteiger partial charge >= 0.3 is 0 Å². The summed E-state index contributed by atoms with van der Waals surface area (Å²) in [5.74, 6) is -0.0906. The number of nitrogens with one attached hydrogen (secondary N) is 1. The van der Waals surface area contributed by atoms with E-state index in [1.165, 1.54) is 0 Å². The topological polar surface area (TPSA) is 29.1 Å². The van der Waals surface area contributed by atoms with Crippen molar-refractivity contribution < 1.29 is 4.79 Å². The molecule has 0 fully saturated rings. The lowest BCUT2D eigenvalue weighted by atomic mass is 10.1. The van der Waals surface area contributed by atoms with E-state index in [0.717, 1.165) is 0 Å². The van der Waals surface area contributed by atoms with Gasteiger partial charge in [0.15, 0.2) is 5.78 Å². The summed E-state index contributed by atoms with van der Waals surface area (Å²) in [5.41, 5.74) is -0.210. The Morgan fingerprint density at radius 2 is 1.80 bits per heavy atom. The molecule has 0 radical (unpaired) electrons. The second kappa shape index (κ2) is 4.77. The predicted octanol–water partition coefficient (Wildman–Crippen LogP) is 2.82. The highest BCUT2D eigenvalue weighted by molar-refractivity contribution is 6.33. The van der Waals surface area contributed by atoms with Gasteiger partial charge in [-0.05, 0) is 20.8 Å². The van der Waals surface area contributed by atoms with Crippen molar-refractivity contribution in [1.82, 2.24) is 5.32 Å². The lowest BCUT2D eigenvalue weighted by Crippen LogP contribution is -2.44. The van der Waals surface area contributed by atoms with Gasteiger partial charge in [-0.3, -0.25) is 10.1 Å². The van der Waals surface area contributed by atoms with Crippen molar-refractivity contribution in [3.8, 4) is 0 Å². The standard InChI is InChI=1S/C12H16ClNO/c1-12(2,3)14-11(13)10(15)9-7-5-4-6-8-9/h4-8,11,14H,1-3H3. The Balaban J connectivity index is 2.70. The van der Waals surface area contributed by atoms with Crippen LogP contribution < -0.4 is 5.32 Å². The summed E-state index contributed by atoms with van der Waals surface area (Å²) in [7, 11) is 0. The van der Waals surface area contributed by atoms with Crippen molar-refractivity contribution >= 4 is 17.4 Å². The maximum absolute atomic E-state index is 11.8. The quantitative estimate of drug-likeness (QED) is 0.487. The molecule has 0 bridgehead atoms. The van der Waals surface area contributed by atoms with E-state index in [2.05, 4.69) is 5.32 Å². The molecule has 0 aromatic heterocycles. The van der Waals surface area contributed by atoms with Crippen LogP contribution in [0.5, 0.6) is 0 Å². The fraction of sp³-hybridized carbons (Fsp3) is 0.417. The molecule has 0 aliphatic carbocycles. The molecule has 1 N–H and O–H groups in total. The predicted molar refractivity (Wildman–Crippen MR) is 63.3 cm³/mol. The Labute approximate surface area is 95.6 Å². The van der Waals surface area contributed by atoms with Gasteiger partial charge in [-0.25, -0.2) is 0 Å². The van der Waals surface area contributed by atoms with Crippen LogP contribution >= 0.6 is 11.6 Å². The molecule has 0 heterocycles.